The van der Waals surface area contributed by atoms with Crippen molar-refractivity contribution in [3.8, 4) is 0 Å². The standard InChI is InChI=1S/C10H11N5.2C2H6/c1-6-5-13-8-4-3-7(9(11)12-2)15-10(8)14-6;2*1-2/h3-5H,1-2H3,(H2,11,12);2*1-2H3. The van der Waals surface area contributed by atoms with Crippen molar-refractivity contribution in [2.75, 3.05) is 7.05 Å². The number of aliphatic imine (C=N–C) groups is 1. The van der Waals surface area contributed by atoms with Crippen LogP contribution in [-0.2, 0) is 0 Å². The average Bonchev–Trinajstić information content (AvgIpc) is 2.49. The van der Waals surface area contributed by atoms with Gasteiger partial charge >= 0.3 is 0 Å². The molecule has 2 heterocycles. The number of pyridine rings is 1. The lowest BCUT2D eigenvalue weighted by molar-refractivity contribution is 1.14. The van der Waals surface area contributed by atoms with E-state index in [1.54, 1.807) is 19.3 Å². The molecule has 0 fully saturated rings. The van der Waals surface area contributed by atoms with E-state index in [2.05, 4.69) is 19.9 Å². The van der Waals surface area contributed by atoms with Crippen LogP contribution in [0.15, 0.2) is 23.3 Å². The van der Waals surface area contributed by atoms with Crippen LogP contribution in [-0.4, -0.2) is 27.8 Å². The second-order valence-corrected chi connectivity index (χ2v) is 3.16. The van der Waals surface area contributed by atoms with Crippen LogP contribution in [0.4, 0.5) is 0 Å². The van der Waals surface area contributed by atoms with Gasteiger partial charge in [0.15, 0.2) is 5.65 Å². The molecule has 0 unspecified atom stereocenters. The van der Waals surface area contributed by atoms with Crippen molar-refractivity contribution in [2.24, 2.45) is 10.7 Å². The van der Waals surface area contributed by atoms with E-state index in [1.807, 2.05) is 40.7 Å². The summed E-state index contributed by atoms with van der Waals surface area (Å²) in [5.74, 6) is 0.403. The second kappa shape index (κ2) is 8.97. The van der Waals surface area contributed by atoms with Crippen molar-refractivity contribution >= 4 is 17.0 Å². The Balaban J connectivity index is 0.000000741. The van der Waals surface area contributed by atoms with Crippen molar-refractivity contribution in [3.63, 3.8) is 0 Å². The molecule has 2 aromatic rings. The number of nitrogens with zero attached hydrogens (tertiary/aromatic N) is 4. The second-order valence-electron chi connectivity index (χ2n) is 3.16. The van der Waals surface area contributed by atoms with Gasteiger partial charge < -0.3 is 5.73 Å². The number of nitrogens with two attached hydrogens (primary N) is 1. The molecule has 19 heavy (non-hydrogen) atoms. The molecule has 2 N–H and O–H groups in total. The average molecular weight is 261 g/mol. The van der Waals surface area contributed by atoms with E-state index in [0.29, 0.717) is 17.2 Å². The van der Waals surface area contributed by atoms with Crippen LogP contribution in [0.2, 0.25) is 0 Å². The van der Waals surface area contributed by atoms with Gasteiger partial charge in [0, 0.05) is 13.2 Å². The number of fused-ring (bicyclic) bond motifs is 1. The summed E-state index contributed by atoms with van der Waals surface area (Å²) in [5, 5.41) is 0. The smallest absolute Gasteiger partial charge is 0.179 e. The van der Waals surface area contributed by atoms with Crippen LogP contribution in [0, 0.1) is 6.92 Å². The van der Waals surface area contributed by atoms with Gasteiger partial charge in [-0.15, -0.1) is 0 Å². The Morgan fingerprint density at radius 1 is 1.11 bits per heavy atom. The van der Waals surface area contributed by atoms with Crippen LogP contribution in [0.5, 0.6) is 0 Å². The van der Waals surface area contributed by atoms with Crippen LogP contribution in [0.25, 0.3) is 11.2 Å². The first-order valence-electron chi connectivity index (χ1n) is 6.54. The Bertz CT molecular complexity index is 534. The highest BCUT2D eigenvalue weighted by molar-refractivity contribution is 5.96. The van der Waals surface area contributed by atoms with E-state index in [9.17, 15) is 0 Å². The Labute approximate surface area is 115 Å². The quantitative estimate of drug-likeness (QED) is 0.632. The maximum absolute atomic E-state index is 5.66. The number of rotatable bonds is 1. The molecule has 0 spiro atoms. The highest BCUT2D eigenvalue weighted by Gasteiger charge is 2.03. The van der Waals surface area contributed by atoms with E-state index in [0.717, 1.165) is 11.2 Å². The summed E-state index contributed by atoms with van der Waals surface area (Å²) in [6.07, 6.45) is 1.71. The van der Waals surface area contributed by atoms with Gasteiger partial charge in [0.25, 0.3) is 0 Å². The lowest BCUT2D eigenvalue weighted by atomic mass is 10.3. The fourth-order valence-electron chi connectivity index (χ4n) is 1.24. The fraction of sp³-hybridized carbons (Fsp3) is 0.429. The zero-order valence-electron chi connectivity index (χ0n) is 12.6. The lowest BCUT2D eigenvalue weighted by Crippen LogP contribution is -2.15. The Morgan fingerprint density at radius 2 is 1.74 bits per heavy atom. The van der Waals surface area contributed by atoms with E-state index >= 15 is 0 Å². The SMILES string of the molecule is CC.CC.CN=C(N)c1ccc2ncc(C)nc2n1. The third-order valence-corrected chi connectivity index (χ3v) is 2.03. The summed E-state index contributed by atoms with van der Waals surface area (Å²) in [6, 6.07) is 3.62. The molecule has 5 heteroatoms. The molecule has 0 aliphatic heterocycles. The fourth-order valence-corrected chi connectivity index (χ4v) is 1.24. The molecule has 0 aliphatic carbocycles. The minimum Gasteiger partial charge on any atom is -0.382 e. The van der Waals surface area contributed by atoms with Gasteiger partial charge in [0.05, 0.1) is 5.69 Å². The first kappa shape index (κ1) is 17.0. The summed E-state index contributed by atoms with van der Waals surface area (Å²) in [4.78, 5) is 16.6. The van der Waals surface area contributed by atoms with Gasteiger partial charge in [0.2, 0.25) is 0 Å². The zero-order valence-corrected chi connectivity index (χ0v) is 12.6. The summed E-state index contributed by atoms with van der Waals surface area (Å²) in [7, 11) is 1.63. The van der Waals surface area contributed by atoms with E-state index in [4.69, 9.17) is 5.73 Å². The minimum atomic E-state index is 0.403. The van der Waals surface area contributed by atoms with Gasteiger partial charge in [0.1, 0.15) is 17.0 Å². The molecule has 0 atom stereocenters. The van der Waals surface area contributed by atoms with Crippen LogP contribution >= 0.6 is 0 Å². The molecule has 5 nitrogen and oxygen atoms in total. The molecule has 0 aromatic carbocycles. The summed E-state index contributed by atoms with van der Waals surface area (Å²) in [5.41, 5.74) is 8.48. The Kier molecular flexibility index (Phi) is 8.00. The monoisotopic (exact) mass is 261 g/mol. The molecule has 104 valence electrons. The van der Waals surface area contributed by atoms with Crippen molar-refractivity contribution in [1.29, 1.82) is 0 Å². The molecule has 0 saturated carbocycles. The van der Waals surface area contributed by atoms with E-state index in [-0.39, 0.29) is 0 Å². The minimum absolute atomic E-state index is 0.403. The number of hydrogen-bond acceptors (Lipinski definition) is 4. The zero-order chi connectivity index (χ0) is 14.8. The number of amidine groups is 1. The predicted octanol–water partition coefficient (Wildman–Crippen LogP) is 2.72. The number of aromatic nitrogens is 3. The Morgan fingerprint density at radius 3 is 2.32 bits per heavy atom. The summed E-state index contributed by atoms with van der Waals surface area (Å²) in [6.45, 7) is 9.87. The first-order chi connectivity index (χ1) is 9.20. The summed E-state index contributed by atoms with van der Waals surface area (Å²) >= 11 is 0. The van der Waals surface area contributed by atoms with Gasteiger partial charge in [-0.1, -0.05) is 27.7 Å². The molecule has 0 aliphatic rings. The molecule has 2 aromatic heterocycles. The van der Waals surface area contributed by atoms with Crippen molar-refractivity contribution in [1.82, 2.24) is 15.0 Å². The largest absolute Gasteiger partial charge is 0.382 e. The molecule has 2 rings (SSSR count). The van der Waals surface area contributed by atoms with Gasteiger partial charge in [-0.05, 0) is 19.1 Å². The number of aryl methyl sites for hydroxylation is 1. The molecular formula is C14H23N5. The molecular weight excluding hydrogens is 238 g/mol. The van der Waals surface area contributed by atoms with Crippen molar-refractivity contribution in [2.45, 2.75) is 34.6 Å². The molecule has 0 amide bonds. The predicted molar refractivity (Wildman–Crippen MR) is 81.4 cm³/mol. The van der Waals surface area contributed by atoms with Gasteiger partial charge in [-0.25, -0.2) is 9.97 Å². The normalized spacial score (nSPS) is 10.1. The van der Waals surface area contributed by atoms with Crippen LogP contribution in [0.1, 0.15) is 39.1 Å². The third kappa shape index (κ3) is 4.62. The van der Waals surface area contributed by atoms with Gasteiger partial charge in [-0.3, -0.25) is 9.98 Å². The first-order valence-corrected chi connectivity index (χ1v) is 6.54. The summed E-state index contributed by atoms with van der Waals surface area (Å²) < 4.78 is 0. The molecule has 0 bridgehead atoms. The Hall–Kier alpha value is -2.04. The molecule has 0 radical (unpaired) electrons. The van der Waals surface area contributed by atoms with E-state index < -0.39 is 0 Å². The van der Waals surface area contributed by atoms with Gasteiger partial charge in [-0.2, -0.15) is 0 Å². The van der Waals surface area contributed by atoms with Crippen LogP contribution < -0.4 is 5.73 Å². The maximum Gasteiger partial charge on any atom is 0.179 e. The topological polar surface area (TPSA) is 77.0 Å². The molecule has 0 saturated heterocycles. The van der Waals surface area contributed by atoms with Crippen LogP contribution in [0.3, 0.4) is 0 Å². The number of hydrogen-bond donors (Lipinski definition) is 1. The van der Waals surface area contributed by atoms with Crippen molar-refractivity contribution in [3.05, 3.63) is 29.7 Å². The lowest BCUT2D eigenvalue weighted by Gasteiger charge is -2.01. The van der Waals surface area contributed by atoms with Crippen molar-refractivity contribution < 1.29 is 0 Å². The third-order valence-electron chi connectivity index (χ3n) is 2.03. The highest BCUT2D eigenvalue weighted by atomic mass is 14.9. The van der Waals surface area contributed by atoms with E-state index in [1.165, 1.54) is 0 Å². The highest BCUT2D eigenvalue weighted by Crippen LogP contribution is 2.07. The maximum atomic E-state index is 5.66.